The predicted molar refractivity (Wildman–Crippen MR) is 135 cm³/mol. The van der Waals surface area contributed by atoms with E-state index >= 15 is 0 Å². The van der Waals surface area contributed by atoms with Gasteiger partial charge in [-0.25, -0.2) is 14.8 Å². The number of amides is 1. The lowest BCUT2D eigenvalue weighted by atomic mass is 9.53. The largest absolute Gasteiger partial charge is 0.446 e. The van der Waals surface area contributed by atoms with Crippen molar-refractivity contribution in [2.45, 2.75) is 37.8 Å². The lowest BCUT2D eigenvalue weighted by Crippen LogP contribution is -2.52. The number of carbonyl (C=O) groups excluding carboxylic acids is 1. The van der Waals surface area contributed by atoms with Crippen LogP contribution in [-0.2, 0) is 11.8 Å². The third-order valence-corrected chi connectivity index (χ3v) is 7.41. The zero-order valence-corrected chi connectivity index (χ0v) is 20.7. The lowest BCUT2D eigenvalue weighted by Gasteiger charge is -2.56. The summed E-state index contributed by atoms with van der Waals surface area (Å²) in [5.74, 6) is 0.687. The topological polar surface area (TPSA) is 91.0 Å². The van der Waals surface area contributed by atoms with Crippen molar-refractivity contribution in [2.24, 2.45) is 12.5 Å². The van der Waals surface area contributed by atoms with Crippen molar-refractivity contribution in [3.8, 4) is 33.6 Å². The Labute approximate surface area is 209 Å². The number of benzene rings is 1. The number of ether oxygens (including phenoxy) is 1. The minimum Gasteiger partial charge on any atom is -0.446 e. The van der Waals surface area contributed by atoms with E-state index in [-0.39, 0.29) is 12.2 Å². The molecule has 3 heterocycles. The van der Waals surface area contributed by atoms with Crippen LogP contribution in [0.4, 0.5) is 4.79 Å². The van der Waals surface area contributed by atoms with Crippen molar-refractivity contribution in [1.29, 1.82) is 0 Å². The molecule has 6 rings (SSSR count). The zero-order valence-electron chi connectivity index (χ0n) is 20.7. The maximum Gasteiger partial charge on any atom is 0.409 e. The molecule has 9 nitrogen and oxygen atoms in total. The molecule has 0 atom stereocenters. The second-order valence-electron chi connectivity index (χ2n) is 10.4. The van der Waals surface area contributed by atoms with Crippen LogP contribution in [0.3, 0.4) is 0 Å². The first-order valence-electron chi connectivity index (χ1n) is 12.2. The Balaban J connectivity index is 1.08. The van der Waals surface area contributed by atoms with Gasteiger partial charge in [0.1, 0.15) is 6.10 Å². The summed E-state index contributed by atoms with van der Waals surface area (Å²) < 4.78 is 9.36. The average Bonchev–Trinajstić information content (AvgIpc) is 3.49. The van der Waals surface area contributed by atoms with Crippen LogP contribution >= 0.6 is 0 Å². The third-order valence-electron chi connectivity index (χ3n) is 7.41. The highest BCUT2D eigenvalue weighted by atomic mass is 16.6. The predicted octanol–water partition coefficient (Wildman–Crippen LogP) is 4.59. The smallest absolute Gasteiger partial charge is 0.409 e. The molecular formula is C27H29N7O2. The molecule has 3 aromatic heterocycles. The van der Waals surface area contributed by atoms with E-state index < -0.39 is 0 Å². The Morgan fingerprint density at radius 2 is 1.61 bits per heavy atom. The summed E-state index contributed by atoms with van der Waals surface area (Å²) in [6.07, 6.45) is 15.4. The molecule has 0 aliphatic heterocycles. The van der Waals surface area contributed by atoms with Gasteiger partial charge in [-0.15, -0.1) is 0 Å². The molecule has 2 aliphatic rings. The number of aryl methyl sites for hydroxylation is 1. The van der Waals surface area contributed by atoms with E-state index in [4.69, 9.17) is 4.74 Å². The maximum absolute atomic E-state index is 11.7. The monoisotopic (exact) mass is 483 g/mol. The molecular weight excluding hydrogens is 454 g/mol. The molecule has 2 saturated carbocycles. The fourth-order valence-electron chi connectivity index (χ4n) is 5.42. The summed E-state index contributed by atoms with van der Waals surface area (Å²) in [5.41, 5.74) is 5.38. The molecule has 1 aromatic carbocycles. The molecule has 4 aromatic rings. The van der Waals surface area contributed by atoms with Crippen molar-refractivity contribution >= 4 is 6.09 Å². The third kappa shape index (κ3) is 4.14. The minimum atomic E-state index is -0.253. The second kappa shape index (κ2) is 8.58. The zero-order chi connectivity index (χ0) is 24.9. The van der Waals surface area contributed by atoms with Crippen LogP contribution < -0.4 is 0 Å². The van der Waals surface area contributed by atoms with Crippen LogP contribution in [0.1, 0.15) is 31.7 Å². The van der Waals surface area contributed by atoms with E-state index in [2.05, 4.69) is 43.2 Å². The summed E-state index contributed by atoms with van der Waals surface area (Å²) in [7, 11) is 5.34. The average molecular weight is 484 g/mol. The Kier molecular flexibility index (Phi) is 5.35. The number of nitrogens with zero attached hydrogens (tertiary/aromatic N) is 7. The second-order valence-corrected chi connectivity index (χ2v) is 10.4. The van der Waals surface area contributed by atoms with Crippen LogP contribution in [0.25, 0.3) is 33.6 Å². The van der Waals surface area contributed by atoms with Crippen molar-refractivity contribution in [3.05, 3.63) is 61.4 Å². The molecule has 9 heteroatoms. The number of hydrogen-bond donors (Lipinski definition) is 0. The number of aromatic nitrogens is 6. The normalized spacial score (nSPS) is 22.6. The van der Waals surface area contributed by atoms with Crippen molar-refractivity contribution in [1.82, 2.24) is 34.4 Å². The first-order valence-corrected chi connectivity index (χ1v) is 12.2. The van der Waals surface area contributed by atoms with Crippen LogP contribution in [0.5, 0.6) is 0 Å². The summed E-state index contributed by atoms with van der Waals surface area (Å²) in [5, 5.41) is 8.88. The van der Waals surface area contributed by atoms with Crippen LogP contribution in [0.15, 0.2) is 61.4 Å². The fraction of sp³-hybridized carbons (Fsp3) is 0.370. The highest BCUT2D eigenvalue weighted by molar-refractivity contribution is 5.70. The van der Waals surface area contributed by atoms with Crippen LogP contribution in [0.2, 0.25) is 0 Å². The van der Waals surface area contributed by atoms with Gasteiger partial charge in [-0.3, -0.25) is 9.36 Å². The molecule has 0 saturated heterocycles. The van der Waals surface area contributed by atoms with E-state index in [0.717, 1.165) is 53.5 Å². The molecule has 184 valence electrons. The van der Waals surface area contributed by atoms with Crippen molar-refractivity contribution < 1.29 is 9.53 Å². The minimum absolute atomic E-state index is 0.0507. The Bertz CT molecular complexity index is 1390. The van der Waals surface area contributed by atoms with Gasteiger partial charge in [0.2, 0.25) is 0 Å². The quantitative estimate of drug-likeness (QED) is 0.412. The maximum atomic E-state index is 11.7. The molecule has 36 heavy (non-hydrogen) atoms. The van der Waals surface area contributed by atoms with Gasteiger partial charge in [-0.05, 0) is 42.7 Å². The first kappa shape index (κ1) is 22.5. The number of hydrogen-bond acceptors (Lipinski definition) is 6. The number of rotatable bonds is 5. The highest BCUT2D eigenvalue weighted by Crippen LogP contribution is 2.61. The van der Waals surface area contributed by atoms with Crippen molar-refractivity contribution in [3.63, 3.8) is 0 Å². The van der Waals surface area contributed by atoms with Gasteiger partial charge in [0.05, 0.1) is 18.4 Å². The fourth-order valence-corrected chi connectivity index (χ4v) is 5.42. The van der Waals surface area contributed by atoms with Gasteiger partial charge < -0.3 is 9.64 Å². The first-order chi connectivity index (χ1) is 17.4. The lowest BCUT2D eigenvalue weighted by molar-refractivity contribution is -0.114. The van der Waals surface area contributed by atoms with Crippen molar-refractivity contribution in [2.75, 3.05) is 14.1 Å². The number of carbonyl (C=O) groups is 1. The standard InChI is InChI=1S/C27H29N7O2/c1-32(2)26(35)36-24-10-27(11-24)8-23(9-27)34-17-22(15-31-34)20-12-28-25(29-13-20)19-6-4-5-18(7-19)21-14-30-33(3)16-21/h4-7,12-17,23-24H,8-11H2,1-3H3. The molecule has 2 fully saturated rings. The summed E-state index contributed by atoms with van der Waals surface area (Å²) in [6.45, 7) is 0. The Hall–Kier alpha value is -4.01. The Morgan fingerprint density at radius 3 is 2.31 bits per heavy atom. The van der Waals surface area contributed by atoms with E-state index in [9.17, 15) is 4.79 Å². The van der Waals surface area contributed by atoms with E-state index in [1.54, 1.807) is 18.8 Å². The molecule has 0 radical (unpaired) electrons. The van der Waals surface area contributed by atoms with Gasteiger partial charge >= 0.3 is 6.09 Å². The molecule has 2 aliphatic carbocycles. The summed E-state index contributed by atoms with van der Waals surface area (Å²) in [4.78, 5) is 22.5. The molecule has 1 amide bonds. The van der Waals surface area contributed by atoms with E-state index in [1.165, 1.54) is 4.90 Å². The van der Waals surface area contributed by atoms with Crippen LogP contribution in [0, 0.1) is 5.41 Å². The molecule has 0 bridgehead atoms. The molecule has 0 N–H and O–H groups in total. The van der Waals surface area contributed by atoms with Gasteiger partial charge in [0.25, 0.3) is 0 Å². The Morgan fingerprint density at radius 1 is 0.917 bits per heavy atom. The van der Waals surface area contributed by atoms with Gasteiger partial charge in [0, 0.05) is 68.2 Å². The van der Waals surface area contributed by atoms with Gasteiger partial charge in [-0.2, -0.15) is 10.2 Å². The SMILES string of the molecule is CN(C)C(=O)OC1CC2(C1)CC(n1cc(-c3cnc(-c4cccc(-c5cnn(C)c5)c4)nc3)cn1)C2. The van der Waals surface area contributed by atoms with Gasteiger partial charge in [-0.1, -0.05) is 18.2 Å². The summed E-state index contributed by atoms with van der Waals surface area (Å²) in [6, 6.07) is 8.57. The molecule has 1 spiro atoms. The highest BCUT2D eigenvalue weighted by Gasteiger charge is 2.55. The van der Waals surface area contributed by atoms with Gasteiger partial charge in [0.15, 0.2) is 5.82 Å². The van der Waals surface area contributed by atoms with E-state index in [1.807, 2.05) is 50.2 Å². The molecule has 0 unspecified atom stereocenters. The van der Waals surface area contributed by atoms with E-state index in [0.29, 0.717) is 17.3 Å². The summed E-state index contributed by atoms with van der Waals surface area (Å²) >= 11 is 0. The van der Waals surface area contributed by atoms with Crippen LogP contribution in [-0.4, -0.2) is 60.7 Å².